The highest BCUT2D eigenvalue weighted by molar-refractivity contribution is 14.1. The second-order valence-electron chi connectivity index (χ2n) is 5.80. The first-order chi connectivity index (χ1) is 11.2. The van der Waals surface area contributed by atoms with Gasteiger partial charge in [0.05, 0.1) is 26.2 Å². The topological polar surface area (TPSA) is 36.8 Å². The number of para-hydroxylation sites is 1. The number of halogens is 1. The molecule has 5 heteroatoms. The molecule has 0 atom stereocenters. The van der Waals surface area contributed by atoms with Crippen molar-refractivity contribution in [1.82, 2.24) is 0 Å². The van der Waals surface area contributed by atoms with Crippen LogP contribution in [0.25, 0.3) is 0 Å². The van der Waals surface area contributed by atoms with Crippen LogP contribution in [0.5, 0.6) is 0 Å². The van der Waals surface area contributed by atoms with Crippen molar-refractivity contribution in [3.8, 4) is 0 Å². The van der Waals surface area contributed by atoms with Gasteiger partial charge < -0.3 is 15.1 Å². The third-order valence-corrected chi connectivity index (χ3v) is 4.85. The molecule has 1 heterocycles. The number of anilines is 2. The van der Waals surface area contributed by atoms with Crippen molar-refractivity contribution in [2.45, 2.75) is 0 Å². The zero-order chi connectivity index (χ0) is 16.1. The van der Waals surface area contributed by atoms with E-state index in [4.69, 9.17) is 0 Å². The molecule has 23 heavy (non-hydrogen) atoms. The summed E-state index contributed by atoms with van der Waals surface area (Å²) in [5, 5.41) is 2.98. The minimum atomic E-state index is 0.0920. The Morgan fingerprint density at radius 2 is 1.70 bits per heavy atom. The number of carbonyl (C=O) groups is 1. The van der Waals surface area contributed by atoms with E-state index >= 15 is 0 Å². The molecule has 1 fully saturated rings. The van der Waals surface area contributed by atoms with Crippen molar-refractivity contribution in [3.63, 3.8) is 0 Å². The van der Waals surface area contributed by atoms with E-state index in [-0.39, 0.29) is 5.91 Å². The fourth-order valence-corrected chi connectivity index (χ4v) is 3.22. The third kappa shape index (κ3) is 4.68. The number of amides is 1. The fraction of sp³-hybridized carbons (Fsp3) is 0.278. The predicted octanol–water partition coefficient (Wildman–Crippen LogP) is 1.63. The Labute approximate surface area is 150 Å². The minimum absolute atomic E-state index is 0.0920. The normalized spacial score (nSPS) is 15.4. The average Bonchev–Trinajstić information content (AvgIpc) is 2.58. The van der Waals surface area contributed by atoms with Gasteiger partial charge >= 0.3 is 0 Å². The van der Waals surface area contributed by atoms with E-state index in [0.29, 0.717) is 6.54 Å². The Hall–Kier alpha value is -1.60. The zero-order valence-electron chi connectivity index (χ0n) is 13.0. The molecule has 0 spiro atoms. The number of carbonyl (C=O) groups excluding carboxylic acids is 1. The predicted molar refractivity (Wildman–Crippen MR) is 102 cm³/mol. The highest BCUT2D eigenvalue weighted by Crippen LogP contribution is 2.12. The summed E-state index contributed by atoms with van der Waals surface area (Å²) in [6.07, 6.45) is 0. The Morgan fingerprint density at radius 1 is 1.04 bits per heavy atom. The molecule has 1 amide bonds. The van der Waals surface area contributed by atoms with Crippen LogP contribution < -0.4 is 15.1 Å². The van der Waals surface area contributed by atoms with Crippen molar-refractivity contribution < 1.29 is 9.69 Å². The lowest BCUT2D eigenvalue weighted by Crippen LogP contribution is -3.15. The molecule has 1 saturated heterocycles. The number of nitrogens with one attached hydrogen (secondary N) is 2. The number of rotatable bonds is 4. The number of hydrogen-bond donors (Lipinski definition) is 2. The highest BCUT2D eigenvalue weighted by Gasteiger charge is 2.22. The average molecular weight is 422 g/mol. The molecular weight excluding hydrogens is 401 g/mol. The van der Waals surface area contributed by atoms with Crippen LogP contribution in [0.3, 0.4) is 0 Å². The maximum Gasteiger partial charge on any atom is 0.279 e. The Morgan fingerprint density at radius 3 is 2.35 bits per heavy atom. The first-order valence-electron chi connectivity index (χ1n) is 7.90. The molecule has 3 rings (SSSR count). The summed E-state index contributed by atoms with van der Waals surface area (Å²) in [4.78, 5) is 15.9. The number of quaternary nitrogens is 1. The summed E-state index contributed by atoms with van der Waals surface area (Å²) in [7, 11) is 0. The summed E-state index contributed by atoms with van der Waals surface area (Å²) in [5.41, 5.74) is 2.15. The Bertz CT molecular complexity index is 637. The van der Waals surface area contributed by atoms with Gasteiger partial charge in [0, 0.05) is 14.9 Å². The molecule has 0 aliphatic carbocycles. The molecule has 0 saturated carbocycles. The van der Waals surface area contributed by atoms with E-state index in [1.54, 1.807) is 0 Å². The lowest BCUT2D eigenvalue weighted by molar-refractivity contribution is -0.892. The smallest absolute Gasteiger partial charge is 0.279 e. The van der Waals surface area contributed by atoms with Crippen molar-refractivity contribution in [1.29, 1.82) is 0 Å². The zero-order valence-corrected chi connectivity index (χ0v) is 15.1. The van der Waals surface area contributed by atoms with Gasteiger partial charge in [-0.05, 0) is 59.0 Å². The first-order valence-corrected chi connectivity index (χ1v) is 8.97. The largest absolute Gasteiger partial charge is 0.360 e. The van der Waals surface area contributed by atoms with Crippen molar-refractivity contribution in [2.24, 2.45) is 0 Å². The van der Waals surface area contributed by atoms with E-state index in [1.807, 2.05) is 30.3 Å². The van der Waals surface area contributed by atoms with E-state index in [9.17, 15) is 4.79 Å². The lowest BCUT2D eigenvalue weighted by atomic mass is 10.2. The van der Waals surface area contributed by atoms with Gasteiger partial charge in [0.15, 0.2) is 6.54 Å². The molecule has 0 unspecified atom stereocenters. The van der Waals surface area contributed by atoms with Crippen molar-refractivity contribution in [2.75, 3.05) is 42.9 Å². The third-order valence-electron chi connectivity index (χ3n) is 4.13. The van der Waals surface area contributed by atoms with E-state index in [0.717, 1.165) is 31.9 Å². The summed E-state index contributed by atoms with van der Waals surface area (Å²) >= 11 is 2.26. The van der Waals surface area contributed by atoms with Gasteiger partial charge in [-0.2, -0.15) is 0 Å². The molecule has 2 N–H and O–H groups in total. The van der Waals surface area contributed by atoms with Gasteiger partial charge in [-0.3, -0.25) is 4.79 Å². The van der Waals surface area contributed by atoms with Crippen LogP contribution in [-0.2, 0) is 4.79 Å². The Kier molecular flexibility index (Phi) is 5.51. The van der Waals surface area contributed by atoms with Gasteiger partial charge in [-0.15, -0.1) is 0 Å². The molecule has 0 radical (unpaired) electrons. The lowest BCUT2D eigenvalue weighted by Gasteiger charge is -2.33. The number of hydrogen-bond acceptors (Lipinski definition) is 2. The van der Waals surface area contributed by atoms with Crippen LogP contribution in [0.2, 0.25) is 0 Å². The molecule has 1 aliphatic rings. The van der Waals surface area contributed by atoms with Gasteiger partial charge in [-0.1, -0.05) is 18.2 Å². The van der Waals surface area contributed by atoms with Gasteiger partial charge in [0.25, 0.3) is 5.91 Å². The molecule has 2 aromatic rings. The summed E-state index contributed by atoms with van der Waals surface area (Å²) in [6.45, 7) is 4.52. The van der Waals surface area contributed by atoms with Crippen molar-refractivity contribution >= 4 is 39.9 Å². The molecule has 120 valence electrons. The number of nitrogens with zero attached hydrogens (tertiary/aromatic N) is 1. The number of piperazine rings is 1. The maximum absolute atomic E-state index is 12.2. The highest BCUT2D eigenvalue weighted by atomic mass is 127. The Balaban J connectivity index is 1.47. The first kappa shape index (κ1) is 16.3. The second-order valence-corrected chi connectivity index (χ2v) is 7.05. The van der Waals surface area contributed by atoms with Gasteiger partial charge in [-0.25, -0.2) is 0 Å². The van der Waals surface area contributed by atoms with Crippen LogP contribution in [0, 0.1) is 3.57 Å². The van der Waals surface area contributed by atoms with Gasteiger partial charge in [0.1, 0.15) is 0 Å². The van der Waals surface area contributed by atoms with Crippen LogP contribution in [0.1, 0.15) is 0 Å². The van der Waals surface area contributed by atoms with Crippen LogP contribution >= 0.6 is 22.6 Å². The molecular formula is C18H21IN3O+. The molecule has 4 nitrogen and oxygen atoms in total. The molecule has 1 aliphatic heterocycles. The van der Waals surface area contributed by atoms with E-state index in [1.165, 1.54) is 14.2 Å². The monoisotopic (exact) mass is 422 g/mol. The number of benzene rings is 2. The summed E-state index contributed by atoms with van der Waals surface area (Å²) in [5.74, 6) is 0.0920. The minimum Gasteiger partial charge on any atom is -0.360 e. The summed E-state index contributed by atoms with van der Waals surface area (Å²) < 4.78 is 1.17. The molecule has 2 aromatic carbocycles. The maximum atomic E-state index is 12.2. The van der Waals surface area contributed by atoms with Gasteiger partial charge in [0.2, 0.25) is 0 Å². The standard InChI is InChI=1S/C18H20IN3O/c19-15-6-8-16(9-7-15)20-18(23)14-21-10-12-22(13-11-21)17-4-2-1-3-5-17/h1-9H,10-14H2,(H,20,23)/p+1. The fourth-order valence-electron chi connectivity index (χ4n) is 2.86. The van der Waals surface area contributed by atoms with Crippen LogP contribution in [0.4, 0.5) is 11.4 Å². The molecule has 0 bridgehead atoms. The van der Waals surface area contributed by atoms with Crippen LogP contribution in [-0.4, -0.2) is 38.6 Å². The van der Waals surface area contributed by atoms with E-state index < -0.39 is 0 Å². The molecule has 0 aromatic heterocycles. The quantitative estimate of drug-likeness (QED) is 0.736. The summed E-state index contributed by atoms with van der Waals surface area (Å²) in [6, 6.07) is 18.4. The SMILES string of the molecule is O=C(C[NH+]1CCN(c2ccccc2)CC1)Nc1ccc(I)cc1. The van der Waals surface area contributed by atoms with E-state index in [2.05, 4.69) is 57.1 Å². The van der Waals surface area contributed by atoms with Crippen LogP contribution in [0.15, 0.2) is 54.6 Å². The van der Waals surface area contributed by atoms with Crippen molar-refractivity contribution in [3.05, 3.63) is 58.2 Å². The second kappa shape index (κ2) is 7.79.